The molecule has 0 radical (unpaired) electrons. The van der Waals surface area contributed by atoms with Gasteiger partial charge in [-0.15, -0.1) is 0 Å². The first kappa shape index (κ1) is 22.9. The summed E-state index contributed by atoms with van der Waals surface area (Å²) in [6.45, 7) is 2.82. The highest BCUT2D eigenvalue weighted by molar-refractivity contribution is 5.97. The van der Waals surface area contributed by atoms with Crippen molar-refractivity contribution in [3.05, 3.63) is 71.5 Å². The van der Waals surface area contributed by atoms with Gasteiger partial charge in [0, 0.05) is 37.3 Å². The fourth-order valence-corrected chi connectivity index (χ4v) is 4.42. The molecule has 0 saturated carbocycles. The van der Waals surface area contributed by atoms with Crippen molar-refractivity contribution < 1.29 is 23.5 Å². The van der Waals surface area contributed by atoms with Crippen LogP contribution in [0.15, 0.2) is 54.6 Å². The number of nitrogens with one attached hydrogen (secondary N) is 1. The van der Waals surface area contributed by atoms with Crippen molar-refractivity contribution in [1.82, 2.24) is 15.1 Å². The summed E-state index contributed by atoms with van der Waals surface area (Å²) in [5, 5.41) is 2.96. The number of halogens is 1. The second-order valence-electron chi connectivity index (χ2n) is 8.39. The Labute approximate surface area is 192 Å². The summed E-state index contributed by atoms with van der Waals surface area (Å²) >= 11 is 0. The molecule has 33 heavy (non-hydrogen) atoms. The highest BCUT2D eigenvalue weighted by Gasteiger charge is 2.36. The zero-order chi connectivity index (χ0) is 23.2. The van der Waals surface area contributed by atoms with Crippen LogP contribution in [-0.4, -0.2) is 73.0 Å². The molecule has 2 aromatic rings. The Bertz CT molecular complexity index is 986. The highest BCUT2D eigenvalue weighted by atomic mass is 19.1. The van der Waals surface area contributed by atoms with Gasteiger partial charge in [-0.2, -0.15) is 0 Å². The van der Waals surface area contributed by atoms with Gasteiger partial charge in [0.05, 0.1) is 13.2 Å². The van der Waals surface area contributed by atoms with Crippen molar-refractivity contribution in [2.45, 2.75) is 18.9 Å². The second-order valence-corrected chi connectivity index (χ2v) is 8.39. The van der Waals surface area contributed by atoms with E-state index < -0.39 is 11.9 Å². The normalized spacial score (nSPS) is 18.0. The minimum atomic E-state index is -0.678. The van der Waals surface area contributed by atoms with Gasteiger partial charge in [-0.05, 0) is 49.1 Å². The summed E-state index contributed by atoms with van der Waals surface area (Å²) in [6, 6.07) is 13.8. The number of carbonyl (C=O) groups excluding carboxylic acids is 3. The molecule has 1 unspecified atom stereocenters. The minimum absolute atomic E-state index is 0.107. The van der Waals surface area contributed by atoms with Crippen molar-refractivity contribution in [2.75, 3.05) is 39.4 Å². The Morgan fingerprint density at radius 2 is 1.55 bits per heavy atom. The number of likely N-dealkylation sites (tertiary alicyclic amines) is 1. The van der Waals surface area contributed by atoms with E-state index in [1.165, 1.54) is 18.2 Å². The van der Waals surface area contributed by atoms with E-state index in [4.69, 9.17) is 4.74 Å². The van der Waals surface area contributed by atoms with Gasteiger partial charge in [0.2, 0.25) is 5.91 Å². The molecule has 2 aromatic carbocycles. The predicted molar refractivity (Wildman–Crippen MR) is 120 cm³/mol. The molecule has 2 saturated heterocycles. The molecule has 174 valence electrons. The predicted octanol–water partition coefficient (Wildman–Crippen LogP) is 2.34. The topological polar surface area (TPSA) is 79.0 Å². The molecule has 2 heterocycles. The van der Waals surface area contributed by atoms with E-state index in [9.17, 15) is 18.8 Å². The maximum absolute atomic E-state index is 13.5. The standard InChI is InChI=1S/C25H28FN3O4/c26-21-8-4-7-20(17-21)24(31)28-11-9-18(10-12-28)22(25(32)29-13-15-33-16-14-29)27-23(30)19-5-2-1-3-6-19/h1-8,17-18,22H,9-16H2,(H,27,30). The maximum Gasteiger partial charge on any atom is 0.253 e. The molecule has 3 amide bonds. The molecule has 0 aromatic heterocycles. The summed E-state index contributed by atoms with van der Waals surface area (Å²) in [5.74, 6) is -1.18. The van der Waals surface area contributed by atoms with Gasteiger partial charge < -0.3 is 19.9 Å². The van der Waals surface area contributed by atoms with Gasteiger partial charge in [-0.1, -0.05) is 24.3 Å². The van der Waals surface area contributed by atoms with Crippen LogP contribution in [0.5, 0.6) is 0 Å². The quantitative estimate of drug-likeness (QED) is 0.754. The molecule has 1 N–H and O–H groups in total. The van der Waals surface area contributed by atoms with E-state index in [1.54, 1.807) is 40.1 Å². The van der Waals surface area contributed by atoms with Crippen molar-refractivity contribution in [3.8, 4) is 0 Å². The fourth-order valence-electron chi connectivity index (χ4n) is 4.42. The van der Waals surface area contributed by atoms with E-state index in [2.05, 4.69) is 5.32 Å². The number of morpholine rings is 1. The van der Waals surface area contributed by atoms with Gasteiger partial charge >= 0.3 is 0 Å². The lowest BCUT2D eigenvalue weighted by Gasteiger charge is -2.38. The third-order valence-corrected chi connectivity index (χ3v) is 6.28. The van der Waals surface area contributed by atoms with Crippen molar-refractivity contribution >= 4 is 17.7 Å². The first-order valence-corrected chi connectivity index (χ1v) is 11.3. The number of piperidine rings is 1. The average molecular weight is 454 g/mol. The maximum atomic E-state index is 13.5. The Morgan fingerprint density at radius 1 is 0.879 bits per heavy atom. The molecule has 4 rings (SSSR count). The average Bonchev–Trinajstić information content (AvgIpc) is 2.87. The first-order valence-electron chi connectivity index (χ1n) is 11.3. The largest absolute Gasteiger partial charge is 0.378 e. The lowest BCUT2D eigenvalue weighted by atomic mass is 9.87. The lowest BCUT2D eigenvalue weighted by Crippen LogP contribution is -2.56. The van der Waals surface area contributed by atoms with Crippen LogP contribution in [0.1, 0.15) is 33.6 Å². The number of carbonyl (C=O) groups is 3. The zero-order valence-corrected chi connectivity index (χ0v) is 18.4. The number of hydrogen-bond donors (Lipinski definition) is 1. The molecule has 7 nitrogen and oxygen atoms in total. The highest BCUT2D eigenvalue weighted by Crippen LogP contribution is 2.24. The van der Waals surface area contributed by atoms with Crippen molar-refractivity contribution in [1.29, 1.82) is 0 Å². The fraction of sp³-hybridized carbons (Fsp3) is 0.400. The number of hydrogen-bond acceptors (Lipinski definition) is 4. The van der Waals surface area contributed by atoms with E-state index in [-0.39, 0.29) is 23.6 Å². The summed E-state index contributed by atoms with van der Waals surface area (Å²) in [4.78, 5) is 42.4. The molecular weight excluding hydrogens is 425 g/mol. The van der Waals surface area contributed by atoms with Crippen LogP contribution in [-0.2, 0) is 9.53 Å². The van der Waals surface area contributed by atoms with E-state index in [1.807, 2.05) is 6.07 Å². The Balaban J connectivity index is 1.45. The summed E-state index contributed by atoms with van der Waals surface area (Å²) in [5.41, 5.74) is 0.808. The summed E-state index contributed by atoms with van der Waals surface area (Å²) in [6.07, 6.45) is 1.13. The van der Waals surface area contributed by atoms with Crippen LogP contribution < -0.4 is 5.32 Å². The Kier molecular flexibility index (Phi) is 7.34. The third-order valence-electron chi connectivity index (χ3n) is 6.28. The Morgan fingerprint density at radius 3 is 2.21 bits per heavy atom. The van der Waals surface area contributed by atoms with Crippen LogP contribution in [0.25, 0.3) is 0 Å². The second kappa shape index (κ2) is 10.6. The molecule has 2 fully saturated rings. The number of nitrogens with zero attached hydrogens (tertiary/aromatic N) is 2. The third kappa shape index (κ3) is 5.57. The minimum Gasteiger partial charge on any atom is -0.378 e. The van der Waals surface area contributed by atoms with E-state index in [0.717, 1.165) is 0 Å². The van der Waals surface area contributed by atoms with Gasteiger partial charge in [0.25, 0.3) is 11.8 Å². The molecule has 0 aliphatic carbocycles. The monoisotopic (exact) mass is 453 g/mol. The van der Waals surface area contributed by atoms with Crippen LogP contribution >= 0.6 is 0 Å². The van der Waals surface area contributed by atoms with Gasteiger partial charge in [-0.25, -0.2) is 4.39 Å². The molecule has 2 aliphatic rings. The Hall–Kier alpha value is -3.26. The lowest BCUT2D eigenvalue weighted by molar-refractivity contribution is -0.139. The van der Waals surface area contributed by atoms with Crippen LogP contribution in [0.4, 0.5) is 4.39 Å². The smallest absolute Gasteiger partial charge is 0.253 e. The van der Waals surface area contributed by atoms with Crippen LogP contribution in [0.2, 0.25) is 0 Å². The SMILES string of the molecule is O=C(NC(C(=O)N1CCOCC1)C1CCN(C(=O)c2cccc(F)c2)CC1)c1ccccc1. The van der Waals surface area contributed by atoms with Crippen molar-refractivity contribution in [3.63, 3.8) is 0 Å². The molecule has 0 spiro atoms. The van der Waals surface area contributed by atoms with Crippen LogP contribution in [0, 0.1) is 11.7 Å². The zero-order valence-electron chi connectivity index (χ0n) is 18.4. The molecule has 0 bridgehead atoms. The van der Waals surface area contributed by atoms with E-state index >= 15 is 0 Å². The van der Waals surface area contributed by atoms with E-state index in [0.29, 0.717) is 63.4 Å². The van der Waals surface area contributed by atoms with Gasteiger partial charge in [-0.3, -0.25) is 14.4 Å². The van der Waals surface area contributed by atoms with Gasteiger partial charge in [0.15, 0.2) is 0 Å². The van der Waals surface area contributed by atoms with Crippen LogP contribution in [0.3, 0.4) is 0 Å². The summed E-state index contributed by atoms with van der Waals surface area (Å²) < 4.78 is 18.9. The molecule has 2 aliphatic heterocycles. The molecular formula is C25H28FN3O4. The number of rotatable bonds is 5. The number of amides is 3. The number of benzene rings is 2. The molecule has 1 atom stereocenters. The number of ether oxygens (including phenoxy) is 1. The molecule has 8 heteroatoms. The first-order chi connectivity index (χ1) is 16.0. The van der Waals surface area contributed by atoms with Crippen molar-refractivity contribution in [2.24, 2.45) is 5.92 Å². The van der Waals surface area contributed by atoms with Gasteiger partial charge in [0.1, 0.15) is 11.9 Å². The summed E-state index contributed by atoms with van der Waals surface area (Å²) in [7, 11) is 0.